The molecule has 0 bridgehead atoms. The molecule has 1 amide bonds. The van der Waals surface area contributed by atoms with Crippen molar-refractivity contribution in [3.05, 3.63) is 52.1 Å². The van der Waals surface area contributed by atoms with Crippen LogP contribution in [0.25, 0.3) is 0 Å². The molecule has 0 fully saturated rings. The Hall–Kier alpha value is -2.94. The van der Waals surface area contributed by atoms with E-state index in [4.69, 9.17) is 13.9 Å². The Kier molecular flexibility index (Phi) is 6.59. The van der Waals surface area contributed by atoms with E-state index in [-0.39, 0.29) is 18.4 Å². The fourth-order valence-corrected chi connectivity index (χ4v) is 3.33. The summed E-state index contributed by atoms with van der Waals surface area (Å²) in [5.74, 6) is 2.24. The van der Waals surface area contributed by atoms with Crippen LogP contribution in [0.1, 0.15) is 41.7 Å². The van der Waals surface area contributed by atoms with E-state index in [9.17, 15) is 4.79 Å². The van der Waals surface area contributed by atoms with E-state index in [1.165, 1.54) is 11.3 Å². The van der Waals surface area contributed by atoms with Gasteiger partial charge >= 0.3 is 0 Å². The van der Waals surface area contributed by atoms with Crippen LogP contribution in [0.4, 0.5) is 0 Å². The molecule has 148 valence electrons. The predicted molar refractivity (Wildman–Crippen MR) is 104 cm³/mol. The molecule has 0 aliphatic rings. The second kappa shape index (κ2) is 9.32. The van der Waals surface area contributed by atoms with Crippen molar-refractivity contribution in [3.63, 3.8) is 0 Å². The highest BCUT2D eigenvalue weighted by molar-refractivity contribution is 7.09. The van der Waals surface area contributed by atoms with Crippen LogP contribution >= 0.6 is 11.3 Å². The second-order valence-electron chi connectivity index (χ2n) is 6.10. The number of thiazole rings is 1. The molecule has 2 heterocycles. The largest absolute Gasteiger partial charge is 0.497 e. The molecule has 3 rings (SSSR count). The van der Waals surface area contributed by atoms with Crippen molar-refractivity contribution < 1.29 is 18.7 Å². The normalized spacial score (nSPS) is 11.8. The zero-order chi connectivity index (χ0) is 19.9. The third-order valence-corrected chi connectivity index (χ3v) is 5.06. The average Bonchev–Trinajstić information content (AvgIpc) is 3.38. The number of benzene rings is 1. The fourth-order valence-electron chi connectivity index (χ4n) is 2.69. The van der Waals surface area contributed by atoms with Crippen molar-refractivity contribution in [2.45, 2.75) is 32.2 Å². The summed E-state index contributed by atoms with van der Waals surface area (Å²) in [7, 11) is 3.21. The number of hydrogen-bond acceptors (Lipinski definition) is 8. The summed E-state index contributed by atoms with van der Waals surface area (Å²) in [5, 5.41) is 13.8. The summed E-state index contributed by atoms with van der Waals surface area (Å²) in [5.41, 5.74) is 0.882. The van der Waals surface area contributed by atoms with Gasteiger partial charge in [0.25, 0.3) is 0 Å². The van der Waals surface area contributed by atoms with Gasteiger partial charge in [-0.15, -0.1) is 21.5 Å². The minimum atomic E-state index is -0.119. The molecule has 8 nitrogen and oxygen atoms in total. The molecular formula is C19H22N4O4S. The fraction of sp³-hybridized carbons (Fsp3) is 0.368. The Morgan fingerprint density at radius 2 is 2.07 bits per heavy atom. The summed E-state index contributed by atoms with van der Waals surface area (Å²) in [6.45, 7) is 1.91. The van der Waals surface area contributed by atoms with E-state index in [0.717, 1.165) is 22.1 Å². The molecule has 0 saturated heterocycles. The number of aryl methyl sites for hydroxylation is 1. The van der Waals surface area contributed by atoms with E-state index in [0.29, 0.717) is 24.6 Å². The monoisotopic (exact) mass is 402 g/mol. The summed E-state index contributed by atoms with van der Waals surface area (Å²) in [6.07, 6.45) is 2.78. The zero-order valence-electron chi connectivity index (χ0n) is 16.0. The zero-order valence-corrected chi connectivity index (χ0v) is 16.8. The number of amides is 1. The number of nitrogens with one attached hydrogen (secondary N) is 1. The maximum Gasteiger partial charge on any atom is 0.221 e. The number of rotatable bonds is 9. The van der Waals surface area contributed by atoms with Gasteiger partial charge in [0.05, 0.1) is 26.7 Å². The van der Waals surface area contributed by atoms with Gasteiger partial charge in [0, 0.05) is 30.0 Å². The molecule has 0 unspecified atom stereocenters. The number of hydrogen-bond donors (Lipinski definition) is 1. The summed E-state index contributed by atoms with van der Waals surface area (Å²) >= 11 is 1.51. The number of nitrogens with zero attached hydrogens (tertiary/aromatic N) is 3. The Bertz CT molecular complexity index is 911. The molecule has 0 spiro atoms. The highest BCUT2D eigenvalue weighted by Gasteiger charge is 2.15. The predicted octanol–water partition coefficient (Wildman–Crippen LogP) is 2.94. The van der Waals surface area contributed by atoms with E-state index in [2.05, 4.69) is 20.5 Å². The lowest BCUT2D eigenvalue weighted by molar-refractivity contribution is -0.121. The minimum absolute atomic E-state index is 0.0862. The van der Waals surface area contributed by atoms with Crippen molar-refractivity contribution in [2.75, 3.05) is 14.2 Å². The molecular weight excluding hydrogens is 380 g/mol. The number of methoxy groups -OCH3 is 2. The SMILES string of the molecule is COc1ccc(OC)c(Cc2nnc(CCC(=O)N[C@H](C)c3nccs3)o2)c1. The third-order valence-electron chi connectivity index (χ3n) is 4.10. The van der Waals surface area contributed by atoms with Crippen LogP contribution in [0.3, 0.4) is 0 Å². The van der Waals surface area contributed by atoms with Gasteiger partial charge in [-0.2, -0.15) is 0 Å². The first-order chi connectivity index (χ1) is 13.6. The minimum Gasteiger partial charge on any atom is -0.497 e. The van der Waals surface area contributed by atoms with Gasteiger partial charge < -0.3 is 19.2 Å². The van der Waals surface area contributed by atoms with Crippen LogP contribution in [-0.2, 0) is 17.6 Å². The van der Waals surface area contributed by atoms with Crippen LogP contribution in [0.2, 0.25) is 0 Å². The third kappa shape index (κ3) is 5.07. The molecule has 1 atom stereocenters. The van der Waals surface area contributed by atoms with Gasteiger partial charge in [-0.3, -0.25) is 4.79 Å². The molecule has 28 heavy (non-hydrogen) atoms. The van der Waals surface area contributed by atoms with Crippen LogP contribution in [0.5, 0.6) is 11.5 Å². The Balaban J connectivity index is 1.55. The lowest BCUT2D eigenvalue weighted by atomic mass is 10.1. The molecule has 0 saturated carbocycles. The van der Waals surface area contributed by atoms with Crippen LogP contribution < -0.4 is 14.8 Å². The first kappa shape index (κ1) is 19.8. The van der Waals surface area contributed by atoms with Gasteiger partial charge in [-0.05, 0) is 25.1 Å². The van der Waals surface area contributed by atoms with Crippen molar-refractivity contribution in [3.8, 4) is 11.5 Å². The van der Waals surface area contributed by atoms with Crippen LogP contribution in [0, 0.1) is 0 Å². The summed E-state index contributed by atoms with van der Waals surface area (Å²) < 4.78 is 16.3. The van der Waals surface area contributed by atoms with E-state index < -0.39 is 0 Å². The number of ether oxygens (including phenoxy) is 2. The standard InChI is InChI=1S/C19H22N4O4S/c1-12(19-20-8-9-28-19)21-16(24)6-7-17-22-23-18(27-17)11-13-10-14(25-2)4-5-15(13)26-3/h4-5,8-10,12H,6-7,11H2,1-3H3,(H,21,24)/t12-/m1/s1. The number of carbonyl (C=O) groups is 1. The lowest BCUT2D eigenvalue weighted by Gasteiger charge is -2.10. The molecule has 0 aliphatic heterocycles. The Morgan fingerprint density at radius 3 is 2.79 bits per heavy atom. The highest BCUT2D eigenvalue weighted by atomic mass is 32.1. The average molecular weight is 402 g/mol. The van der Waals surface area contributed by atoms with E-state index >= 15 is 0 Å². The van der Waals surface area contributed by atoms with Crippen molar-refractivity contribution in [2.24, 2.45) is 0 Å². The van der Waals surface area contributed by atoms with E-state index in [1.807, 2.05) is 30.5 Å². The van der Waals surface area contributed by atoms with Gasteiger partial charge in [-0.25, -0.2) is 4.98 Å². The summed E-state index contributed by atoms with van der Waals surface area (Å²) in [4.78, 5) is 16.3. The van der Waals surface area contributed by atoms with Gasteiger partial charge in [0.1, 0.15) is 16.5 Å². The molecule has 1 N–H and O–H groups in total. The number of carbonyl (C=O) groups excluding carboxylic acids is 1. The highest BCUT2D eigenvalue weighted by Crippen LogP contribution is 2.26. The number of aromatic nitrogens is 3. The molecule has 0 aliphatic carbocycles. The smallest absolute Gasteiger partial charge is 0.221 e. The summed E-state index contributed by atoms with van der Waals surface area (Å²) in [6, 6.07) is 5.41. The maximum atomic E-state index is 12.1. The van der Waals surface area contributed by atoms with Gasteiger partial charge in [0.2, 0.25) is 17.7 Å². The molecule has 3 aromatic rings. The maximum absolute atomic E-state index is 12.1. The first-order valence-electron chi connectivity index (χ1n) is 8.80. The molecule has 2 aromatic heterocycles. The van der Waals surface area contributed by atoms with Crippen molar-refractivity contribution in [1.29, 1.82) is 0 Å². The van der Waals surface area contributed by atoms with Gasteiger partial charge in [-0.1, -0.05) is 0 Å². The molecule has 0 radical (unpaired) electrons. The van der Waals surface area contributed by atoms with Crippen molar-refractivity contribution >= 4 is 17.2 Å². The molecule has 9 heteroatoms. The Labute approximate surface area is 166 Å². The first-order valence-corrected chi connectivity index (χ1v) is 9.68. The van der Waals surface area contributed by atoms with Crippen molar-refractivity contribution in [1.82, 2.24) is 20.5 Å². The van der Waals surface area contributed by atoms with Gasteiger partial charge in [0.15, 0.2) is 0 Å². The topological polar surface area (TPSA) is 99.4 Å². The quantitative estimate of drug-likeness (QED) is 0.587. The van der Waals surface area contributed by atoms with Crippen LogP contribution in [-0.4, -0.2) is 35.3 Å². The second-order valence-corrected chi connectivity index (χ2v) is 7.03. The Morgan fingerprint density at radius 1 is 1.25 bits per heavy atom. The molecule has 1 aromatic carbocycles. The van der Waals surface area contributed by atoms with E-state index in [1.54, 1.807) is 20.4 Å². The lowest BCUT2D eigenvalue weighted by Crippen LogP contribution is -2.26. The van der Waals surface area contributed by atoms with Crippen LogP contribution in [0.15, 0.2) is 34.2 Å².